The van der Waals surface area contributed by atoms with Crippen LogP contribution in [-0.2, 0) is 4.79 Å². The van der Waals surface area contributed by atoms with Crippen molar-refractivity contribution in [2.45, 2.75) is 31.8 Å². The van der Waals surface area contributed by atoms with Crippen LogP contribution in [0.25, 0.3) is 0 Å². The number of fused-ring (bicyclic) bond motifs is 1. The highest BCUT2D eigenvalue weighted by molar-refractivity contribution is 5.78. The zero-order chi connectivity index (χ0) is 14.1. The number of anilines is 1. The van der Waals surface area contributed by atoms with Gasteiger partial charge in [0, 0.05) is 43.6 Å². The summed E-state index contributed by atoms with van der Waals surface area (Å²) in [5, 5.41) is 13.0. The zero-order valence-corrected chi connectivity index (χ0v) is 11.9. The molecule has 1 aromatic carbocycles. The summed E-state index contributed by atoms with van der Waals surface area (Å²) in [7, 11) is 0. The smallest absolute Gasteiger partial charge is 0.223 e. The molecule has 20 heavy (non-hydrogen) atoms. The van der Waals surface area contributed by atoms with Crippen LogP contribution in [0.15, 0.2) is 24.3 Å². The van der Waals surface area contributed by atoms with Crippen molar-refractivity contribution in [3.05, 3.63) is 29.8 Å². The lowest BCUT2D eigenvalue weighted by atomic mass is 9.97. The van der Waals surface area contributed by atoms with Gasteiger partial charge < -0.3 is 15.3 Å². The molecule has 1 saturated heterocycles. The van der Waals surface area contributed by atoms with Crippen LogP contribution in [0.2, 0.25) is 0 Å². The van der Waals surface area contributed by atoms with E-state index < -0.39 is 0 Å². The van der Waals surface area contributed by atoms with Crippen molar-refractivity contribution in [2.75, 3.05) is 25.0 Å². The molecular weight excluding hydrogens is 252 g/mol. The summed E-state index contributed by atoms with van der Waals surface area (Å²) >= 11 is 0. The fraction of sp³-hybridized carbons (Fsp3) is 0.562. The number of hydrogen-bond donors (Lipinski definition) is 2. The predicted molar refractivity (Wildman–Crippen MR) is 78.7 cm³/mol. The van der Waals surface area contributed by atoms with Gasteiger partial charge in [-0.1, -0.05) is 18.2 Å². The molecule has 0 aliphatic carbocycles. The van der Waals surface area contributed by atoms with Gasteiger partial charge in [0.05, 0.1) is 6.10 Å². The molecule has 3 rings (SSSR count). The zero-order valence-electron chi connectivity index (χ0n) is 11.9. The van der Waals surface area contributed by atoms with E-state index in [0.717, 1.165) is 25.2 Å². The standard InChI is InChI=1S/C16H22N2O2/c1-11(19)12-6-7-18(10-12)16(20)8-13-9-17-15-5-3-2-4-14(13)15/h2-5,11-13,17,19H,6-10H2,1H3. The minimum Gasteiger partial charge on any atom is -0.393 e. The Kier molecular flexibility index (Phi) is 3.66. The minimum atomic E-state index is -0.318. The van der Waals surface area contributed by atoms with Crippen LogP contribution >= 0.6 is 0 Å². The molecule has 1 amide bonds. The topological polar surface area (TPSA) is 52.6 Å². The maximum absolute atomic E-state index is 12.4. The molecule has 2 heterocycles. The molecule has 1 aromatic rings. The van der Waals surface area contributed by atoms with Crippen LogP contribution in [0.3, 0.4) is 0 Å². The van der Waals surface area contributed by atoms with Gasteiger partial charge in [0.1, 0.15) is 0 Å². The van der Waals surface area contributed by atoms with Gasteiger partial charge in [-0.15, -0.1) is 0 Å². The lowest BCUT2D eigenvalue weighted by molar-refractivity contribution is -0.130. The van der Waals surface area contributed by atoms with Crippen LogP contribution in [0.5, 0.6) is 0 Å². The third-order valence-electron chi connectivity index (χ3n) is 4.62. The largest absolute Gasteiger partial charge is 0.393 e. The van der Waals surface area contributed by atoms with E-state index in [1.807, 2.05) is 24.0 Å². The summed E-state index contributed by atoms with van der Waals surface area (Å²) in [4.78, 5) is 14.3. The second-order valence-corrected chi connectivity index (χ2v) is 6.00. The number of benzene rings is 1. The normalized spacial score (nSPS) is 26.2. The number of aliphatic hydroxyl groups excluding tert-OH is 1. The Bertz CT molecular complexity index is 501. The first-order valence-corrected chi connectivity index (χ1v) is 7.44. The van der Waals surface area contributed by atoms with Gasteiger partial charge in [-0.2, -0.15) is 0 Å². The van der Waals surface area contributed by atoms with E-state index in [-0.39, 0.29) is 23.8 Å². The van der Waals surface area contributed by atoms with Gasteiger partial charge in [-0.05, 0) is 25.0 Å². The number of rotatable bonds is 3. The summed E-state index contributed by atoms with van der Waals surface area (Å²) < 4.78 is 0. The number of aliphatic hydroxyl groups is 1. The van der Waals surface area contributed by atoms with Crippen LogP contribution in [-0.4, -0.2) is 41.7 Å². The second-order valence-electron chi connectivity index (χ2n) is 6.00. The number of nitrogens with one attached hydrogen (secondary N) is 1. The quantitative estimate of drug-likeness (QED) is 0.884. The Hall–Kier alpha value is -1.55. The number of para-hydroxylation sites is 1. The molecule has 3 unspecified atom stereocenters. The summed E-state index contributed by atoms with van der Waals surface area (Å²) in [6, 6.07) is 8.22. The predicted octanol–water partition coefficient (Wildman–Crippen LogP) is 1.82. The lowest BCUT2D eigenvalue weighted by Crippen LogP contribution is -2.31. The molecule has 0 spiro atoms. The monoisotopic (exact) mass is 274 g/mol. The molecule has 2 aliphatic rings. The highest BCUT2D eigenvalue weighted by atomic mass is 16.3. The van der Waals surface area contributed by atoms with E-state index in [0.29, 0.717) is 13.0 Å². The van der Waals surface area contributed by atoms with E-state index in [4.69, 9.17) is 0 Å². The average Bonchev–Trinajstić information content (AvgIpc) is 3.06. The first-order chi connectivity index (χ1) is 9.65. The molecular formula is C16H22N2O2. The fourth-order valence-electron chi connectivity index (χ4n) is 3.29. The van der Waals surface area contributed by atoms with Crippen molar-refractivity contribution in [1.29, 1.82) is 0 Å². The molecule has 0 radical (unpaired) electrons. The Morgan fingerprint density at radius 1 is 1.50 bits per heavy atom. The molecule has 0 saturated carbocycles. The van der Waals surface area contributed by atoms with Crippen LogP contribution in [0.4, 0.5) is 5.69 Å². The highest BCUT2D eigenvalue weighted by Gasteiger charge is 2.31. The van der Waals surface area contributed by atoms with E-state index in [1.165, 1.54) is 5.56 Å². The van der Waals surface area contributed by atoms with Gasteiger partial charge in [0.2, 0.25) is 5.91 Å². The van der Waals surface area contributed by atoms with Gasteiger partial charge in [-0.3, -0.25) is 4.79 Å². The summed E-state index contributed by atoms with van der Waals surface area (Å²) in [6.45, 7) is 4.16. The van der Waals surface area contributed by atoms with Crippen molar-refractivity contribution in [2.24, 2.45) is 5.92 Å². The number of hydrogen-bond acceptors (Lipinski definition) is 3. The first kappa shape index (κ1) is 13.4. The Balaban J connectivity index is 1.61. The number of likely N-dealkylation sites (tertiary alicyclic amines) is 1. The van der Waals surface area contributed by atoms with Gasteiger partial charge >= 0.3 is 0 Å². The Morgan fingerprint density at radius 3 is 3.05 bits per heavy atom. The molecule has 3 atom stereocenters. The molecule has 2 aliphatic heterocycles. The summed E-state index contributed by atoms with van der Waals surface area (Å²) in [6.07, 6.45) is 1.17. The van der Waals surface area contributed by atoms with Crippen molar-refractivity contribution >= 4 is 11.6 Å². The first-order valence-electron chi connectivity index (χ1n) is 7.44. The van der Waals surface area contributed by atoms with Gasteiger partial charge in [0.15, 0.2) is 0 Å². The third kappa shape index (κ3) is 2.52. The highest BCUT2D eigenvalue weighted by Crippen LogP contribution is 2.34. The Labute approximate surface area is 119 Å². The third-order valence-corrected chi connectivity index (χ3v) is 4.62. The molecule has 1 fully saturated rings. The number of nitrogens with zero attached hydrogens (tertiary/aromatic N) is 1. The number of carbonyl (C=O) groups is 1. The summed E-state index contributed by atoms with van der Waals surface area (Å²) in [5.74, 6) is 0.744. The SMILES string of the molecule is CC(O)C1CCN(C(=O)CC2CNc3ccccc32)C1. The molecule has 0 bridgehead atoms. The van der Waals surface area contributed by atoms with E-state index in [2.05, 4.69) is 17.4 Å². The second kappa shape index (κ2) is 5.44. The van der Waals surface area contributed by atoms with E-state index in [9.17, 15) is 9.90 Å². The number of amides is 1. The van der Waals surface area contributed by atoms with Crippen molar-refractivity contribution < 1.29 is 9.90 Å². The van der Waals surface area contributed by atoms with Crippen molar-refractivity contribution in [3.8, 4) is 0 Å². The van der Waals surface area contributed by atoms with Gasteiger partial charge in [-0.25, -0.2) is 0 Å². The lowest BCUT2D eigenvalue weighted by Gasteiger charge is -2.19. The van der Waals surface area contributed by atoms with Gasteiger partial charge in [0.25, 0.3) is 0 Å². The maximum atomic E-state index is 12.4. The number of carbonyl (C=O) groups excluding carboxylic acids is 1. The average molecular weight is 274 g/mol. The van der Waals surface area contributed by atoms with Crippen LogP contribution in [0.1, 0.15) is 31.2 Å². The van der Waals surface area contributed by atoms with Crippen molar-refractivity contribution in [3.63, 3.8) is 0 Å². The molecule has 0 aromatic heterocycles. The van der Waals surface area contributed by atoms with Crippen LogP contribution < -0.4 is 5.32 Å². The van der Waals surface area contributed by atoms with E-state index >= 15 is 0 Å². The molecule has 108 valence electrons. The van der Waals surface area contributed by atoms with Crippen LogP contribution in [0, 0.1) is 5.92 Å². The Morgan fingerprint density at radius 2 is 2.30 bits per heavy atom. The molecule has 4 heteroatoms. The van der Waals surface area contributed by atoms with E-state index in [1.54, 1.807) is 0 Å². The van der Waals surface area contributed by atoms with Crippen molar-refractivity contribution in [1.82, 2.24) is 4.90 Å². The minimum absolute atomic E-state index is 0.219. The fourth-order valence-corrected chi connectivity index (χ4v) is 3.29. The molecule has 2 N–H and O–H groups in total. The summed E-state index contributed by atoms with van der Waals surface area (Å²) in [5.41, 5.74) is 2.42. The maximum Gasteiger partial charge on any atom is 0.223 e. The molecule has 4 nitrogen and oxygen atoms in total.